The van der Waals surface area contributed by atoms with Gasteiger partial charge in [-0.05, 0) is 29.9 Å². The summed E-state index contributed by atoms with van der Waals surface area (Å²) in [5.41, 5.74) is 3.07. The van der Waals surface area contributed by atoms with Crippen LogP contribution in [0.2, 0.25) is 0 Å². The van der Waals surface area contributed by atoms with E-state index in [4.69, 9.17) is 12.2 Å². The topological polar surface area (TPSA) is 54.3 Å². The van der Waals surface area contributed by atoms with E-state index < -0.39 is 11.8 Å². The molecule has 144 valence electrons. The molecule has 5 nitrogen and oxygen atoms in total. The summed E-state index contributed by atoms with van der Waals surface area (Å²) in [7, 11) is 0. The van der Waals surface area contributed by atoms with Gasteiger partial charge in [-0.1, -0.05) is 54.6 Å². The number of fused-ring (bicyclic) bond motifs is 1. The molecule has 0 unspecified atom stereocenters. The molecule has 1 saturated heterocycles. The summed E-state index contributed by atoms with van der Waals surface area (Å²) in [4.78, 5) is 26.6. The third-order valence-corrected chi connectivity index (χ3v) is 5.13. The summed E-state index contributed by atoms with van der Waals surface area (Å²) in [6, 6.07) is 18.1. The SMILES string of the molecule is C=CCN1C(=O)/C(=C\c2cn(Cc3ccccc3)c3ccccc23)C(=O)NC1=S. The second-order valence-electron chi connectivity index (χ2n) is 6.74. The van der Waals surface area contributed by atoms with Gasteiger partial charge in [-0.15, -0.1) is 6.58 Å². The van der Waals surface area contributed by atoms with Gasteiger partial charge in [-0.3, -0.25) is 19.8 Å². The lowest BCUT2D eigenvalue weighted by molar-refractivity contribution is -0.128. The molecule has 6 heteroatoms. The molecule has 0 atom stereocenters. The lowest BCUT2D eigenvalue weighted by Gasteiger charge is -2.27. The summed E-state index contributed by atoms with van der Waals surface area (Å²) in [6.45, 7) is 4.58. The van der Waals surface area contributed by atoms with Crippen molar-refractivity contribution in [3.8, 4) is 0 Å². The first-order valence-corrected chi connectivity index (χ1v) is 9.61. The molecule has 1 aromatic heterocycles. The van der Waals surface area contributed by atoms with Gasteiger partial charge in [0.25, 0.3) is 11.8 Å². The molecule has 3 aromatic rings. The smallest absolute Gasteiger partial charge is 0.265 e. The first kappa shape index (κ1) is 18.8. The van der Waals surface area contributed by atoms with E-state index in [0.29, 0.717) is 6.54 Å². The second-order valence-corrected chi connectivity index (χ2v) is 7.12. The average Bonchev–Trinajstić information content (AvgIpc) is 3.07. The number of hydrogen-bond donors (Lipinski definition) is 1. The Morgan fingerprint density at radius 3 is 2.52 bits per heavy atom. The van der Waals surface area contributed by atoms with Crippen molar-refractivity contribution in [2.24, 2.45) is 0 Å². The Kier molecular flexibility index (Phi) is 5.10. The third-order valence-electron chi connectivity index (χ3n) is 4.81. The van der Waals surface area contributed by atoms with Crippen molar-refractivity contribution in [3.63, 3.8) is 0 Å². The van der Waals surface area contributed by atoms with Crippen molar-refractivity contribution >= 4 is 46.1 Å². The summed E-state index contributed by atoms with van der Waals surface area (Å²) in [6.07, 6.45) is 5.18. The van der Waals surface area contributed by atoms with Crippen molar-refractivity contribution in [2.45, 2.75) is 6.54 Å². The number of rotatable bonds is 5. The largest absolute Gasteiger partial charge is 0.342 e. The van der Waals surface area contributed by atoms with Crippen LogP contribution in [0.25, 0.3) is 17.0 Å². The fourth-order valence-corrected chi connectivity index (χ4v) is 3.70. The maximum absolute atomic E-state index is 12.8. The van der Waals surface area contributed by atoms with Crippen molar-refractivity contribution in [1.82, 2.24) is 14.8 Å². The highest BCUT2D eigenvalue weighted by atomic mass is 32.1. The number of hydrogen-bond acceptors (Lipinski definition) is 3. The molecule has 1 aliphatic rings. The monoisotopic (exact) mass is 401 g/mol. The van der Waals surface area contributed by atoms with E-state index in [9.17, 15) is 9.59 Å². The van der Waals surface area contributed by atoms with E-state index in [0.717, 1.165) is 16.5 Å². The molecule has 2 amide bonds. The summed E-state index contributed by atoms with van der Waals surface area (Å²) >= 11 is 5.11. The molecule has 1 fully saturated rings. The summed E-state index contributed by atoms with van der Waals surface area (Å²) < 4.78 is 2.12. The van der Waals surface area contributed by atoms with Gasteiger partial charge in [-0.25, -0.2) is 0 Å². The minimum Gasteiger partial charge on any atom is -0.342 e. The van der Waals surface area contributed by atoms with E-state index in [-0.39, 0.29) is 17.2 Å². The quantitative estimate of drug-likeness (QED) is 0.308. The second kappa shape index (κ2) is 7.85. The third kappa shape index (κ3) is 3.62. The Labute approximate surface area is 173 Å². The summed E-state index contributed by atoms with van der Waals surface area (Å²) in [5.74, 6) is -0.904. The number of nitrogens with one attached hydrogen (secondary N) is 1. The molecule has 0 bridgehead atoms. The zero-order chi connectivity index (χ0) is 20.4. The van der Waals surface area contributed by atoms with Crippen LogP contribution in [-0.4, -0.2) is 32.9 Å². The Hall–Kier alpha value is -3.51. The maximum Gasteiger partial charge on any atom is 0.265 e. The van der Waals surface area contributed by atoms with Crippen LogP contribution in [-0.2, 0) is 16.1 Å². The molecule has 29 heavy (non-hydrogen) atoms. The fourth-order valence-electron chi connectivity index (χ4n) is 3.45. The van der Waals surface area contributed by atoms with Crippen LogP contribution in [0.5, 0.6) is 0 Å². The van der Waals surface area contributed by atoms with Gasteiger partial charge in [0, 0.05) is 35.8 Å². The number of amides is 2. The normalized spacial score (nSPS) is 15.8. The number of nitrogens with zero attached hydrogens (tertiary/aromatic N) is 2. The lowest BCUT2D eigenvalue weighted by atomic mass is 10.1. The molecule has 0 aliphatic carbocycles. The predicted molar refractivity (Wildman–Crippen MR) is 118 cm³/mol. The number of benzene rings is 2. The van der Waals surface area contributed by atoms with Crippen molar-refractivity contribution in [3.05, 3.63) is 90.1 Å². The highest BCUT2D eigenvalue weighted by Crippen LogP contribution is 2.25. The molecule has 2 aromatic carbocycles. The zero-order valence-electron chi connectivity index (χ0n) is 15.7. The van der Waals surface area contributed by atoms with E-state index in [1.165, 1.54) is 10.5 Å². The van der Waals surface area contributed by atoms with Gasteiger partial charge in [0.15, 0.2) is 5.11 Å². The molecule has 0 saturated carbocycles. The van der Waals surface area contributed by atoms with Gasteiger partial charge in [0.1, 0.15) is 5.57 Å². The highest BCUT2D eigenvalue weighted by Gasteiger charge is 2.32. The Bertz CT molecular complexity index is 1160. The van der Waals surface area contributed by atoms with Gasteiger partial charge in [-0.2, -0.15) is 0 Å². The Balaban J connectivity index is 1.78. The van der Waals surface area contributed by atoms with Crippen LogP contribution >= 0.6 is 12.2 Å². The van der Waals surface area contributed by atoms with E-state index >= 15 is 0 Å². The molecule has 1 N–H and O–H groups in total. The average molecular weight is 401 g/mol. The predicted octanol–water partition coefficient (Wildman–Crippen LogP) is 3.50. The van der Waals surface area contributed by atoms with Crippen LogP contribution < -0.4 is 5.32 Å². The van der Waals surface area contributed by atoms with Crippen LogP contribution in [0, 0.1) is 0 Å². The first-order chi connectivity index (χ1) is 14.1. The fraction of sp³-hybridized carbons (Fsp3) is 0.0870. The molecule has 1 aliphatic heterocycles. The minimum atomic E-state index is -0.486. The zero-order valence-corrected chi connectivity index (χ0v) is 16.5. The minimum absolute atomic E-state index is 0.0584. The van der Waals surface area contributed by atoms with Crippen LogP contribution in [0.3, 0.4) is 0 Å². The molecule has 2 heterocycles. The molecular weight excluding hydrogens is 382 g/mol. The first-order valence-electron chi connectivity index (χ1n) is 9.20. The number of carbonyl (C=O) groups excluding carboxylic acids is 2. The molecular formula is C23H19N3O2S. The van der Waals surface area contributed by atoms with Crippen molar-refractivity contribution < 1.29 is 9.59 Å². The Morgan fingerprint density at radius 1 is 1.03 bits per heavy atom. The van der Waals surface area contributed by atoms with E-state index in [2.05, 4.69) is 28.6 Å². The molecule has 0 spiro atoms. The van der Waals surface area contributed by atoms with Crippen LogP contribution in [0.4, 0.5) is 0 Å². The Morgan fingerprint density at radius 2 is 1.76 bits per heavy atom. The number of thiocarbonyl (C=S) groups is 1. The van der Waals surface area contributed by atoms with Gasteiger partial charge >= 0.3 is 0 Å². The van der Waals surface area contributed by atoms with Crippen LogP contribution in [0.1, 0.15) is 11.1 Å². The van der Waals surface area contributed by atoms with Gasteiger partial charge in [0.05, 0.1) is 0 Å². The highest BCUT2D eigenvalue weighted by molar-refractivity contribution is 7.80. The summed E-state index contributed by atoms with van der Waals surface area (Å²) in [5, 5.41) is 3.66. The van der Waals surface area contributed by atoms with Crippen molar-refractivity contribution in [1.29, 1.82) is 0 Å². The van der Waals surface area contributed by atoms with Crippen molar-refractivity contribution in [2.75, 3.05) is 6.54 Å². The number of para-hydroxylation sites is 1. The number of carbonyl (C=O) groups is 2. The molecule has 0 radical (unpaired) electrons. The maximum atomic E-state index is 12.8. The lowest BCUT2D eigenvalue weighted by Crippen LogP contribution is -2.53. The van der Waals surface area contributed by atoms with Gasteiger partial charge in [0.2, 0.25) is 0 Å². The van der Waals surface area contributed by atoms with Crippen LogP contribution in [0.15, 0.2) is 79.0 Å². The van der Waals surface area contributed by atoms with E-state index in [1.807, 2.05) is 48.7 Å². The van der Waals surface area contributed by atoms with E-state index in [1.54, 1.807) is 12.2 Å². The standard InChI is InChI=1S/C23H19N3O2S/c1-2-12-26-22(28)19(21(27)24-23(26)29)13-17-15-25(14-16-8-4-3-5-9-16)20-11-7-6-10-18(17)20/h2-11,13,15H,1,12,14H2,(H,24,27,29)/b19-13-. The molecule has 4 rings (SSSR count). The number of aromatic nitrogens is 1. The van der Waals surface area contributed by atoms with Gasteiger partial charge < -0.3 is 4.57 Å².